The molecule has 1 fully saturated rings. The standard InChI is InChI=1S/C16H25N3O3S/c1-17-16(18-10-14-8-9-23(20,21)12-14)19(2)11-13-4-6-15(22-3)7-5-13/h4-7,14H,8-12H2,1-3H3,(H,17,18). The predicted octanol–water partition coefficient (Wildman–Crippen LogP) is 1.14. The molecule has 1 aliphatic rings. The van der Waals surface area contributed by atoms with Gasteiger partial charge in [-0.1, -0.05) is 12.1 Å². The van der Waals surface area contributed by atoms with Crippen molar-refractivity contribution in [2.45, 2.75) is 13.0 Å². The molecule has 2 rings (SSSR count). The van der Waals surface area contributed by atoms with E-state index in [1.807, 2.05) is 36.2 Å². The fourth-order valence-corrected chi connectivity index (χ4v) is 4.59. The molecule has 1 unspecified atom stereocenters. The molecule has 0 saturated carbocycles. The van der Waals surface area contributed by atoms with Crippen LogP contribution in [0.15, 0.2) is 29.3 Å². The first-order chi connectivity index (χ1) is 10.9. The molecule has 1 N–H and O–H groups in total. The predicted molar refractivity (Wildman–Crippen MR) is 92.6 cm³/mol. The Morgan fingerprint density at radius 3 is 2.61 bits per heavy atom. The van der Waals surface area contributed by atoms with Gasteiger partial charge in [0.05, 0.1) is 18.6 Å². The van der Waals surface area contributed by atoms with Crippen molar-refractivity contribution in [2.24, 2.45) is 10.9 Å². The highest BCUT2D eigenvalue weighted by Crippen LogP contribution is 2.17. The summed E-state index contributed by atoms with van der Waals surface area (Å²) in [6.07, 6.45) is 0.731. The summed E-state index contributed by atoms with van der Waals surface area (Å²) in [6.45, 7) is 1.35. The van der Waals surface area contributed by atoms with Crippen LogP contribution in [0.4, 0.5) is 0 Å². The molecule has 1 heterocycles. The van der Waals surface area contributed by atoms with E-state index in [1.165, 1.54) is 0 Å². The third-order valence-corrected chi connectivity index (χ3v) is 5.86. The minimum atomic E-state index is -2.83. The molecule has 0 bridgehead atoms. The lowest BCUT2D eigenvalue weighted by Crippen LogP contribution is -2.40. The fraction of sp³-hybridized carbons (Fsp3) is 0.562. The maximum absolute atomic E-state index is 11.5. The third kappa shape index (κ3) is 5.13. The molecule has 1 aromatic carbocycles. The number of aliphatic imine (C=N–C) groups is 1. The van der Waals surface area contributed by atoms with Gasteiger partial charge in [-0.25, -0.2) is 8.42 Å². The molecule has 6 nitrogen and oxygen atoms in total. The van der Waals surface area contributed by atoms with Crippen LogP contribution in [-0.2, 0) is 16.4 Å². The van der Waals surface area contributed by atoms with Crippen LogP contribution >= 0.6 is 0 Å². The molecule has 1 saturated heterocycles. The van der Waals surface area contributed by atoms with Crippen LogP contribution < -0.4 is 10.1 Å². The Balaban J connectivity index is 1.87. The van der Waals surface area contributed by atoms with Crippen molar-refractivity contribution in [1.82, 2.24) is 10.2 Å². The van der Waals surface area contributed by atoms with Crippen LogP contribution in [0.25, 0.3) is 0 Å². The Morgan fingerprint density at radius 1 is 1.39 bits per heavy atom. The number of sulfone groups is 1. The molecule has 0 spiro atoms. The smallest absolute Gasteiger partial charge is 0.193 e. The van der Waals surface area contributed by atoms with Gasteiger partial charge in [0.15, 0.2) is 15.8 Å². The van der Waals surface area contributed by atoms with Crippen LogP contribution in [0, 0.1) is 5.92 Å². The van der Waals surface area contributed by atoms with Crippen molar-refractivity contribution in [1.29, 1.82) is 0 Å². The molecule has 1 aromatic rings. The minimum Gasteiger partial charge on any atom is -0.497 e. The summed E-state index contributed by atoms with van der Waals surface area (Å²) in [5, 5.41) is 3.28. The highest BCUT2D eigenvalue weighted by molar-refractivity contribution is 7.91. The van der Waals surface area contributed by atoms with Crippen molar-refractivity contribution in [2.75, 3.05) is 39.3 Å². The number of benzene rings is 1. The van der Waals surface area contributed by atoms with E-state index in [0.29, 0.717) is 18.8 Å². The average molecular weight is 339 g/mol. The average Bonchev–Trinajstić information content (AvgIpc) is 2.88. The number of ether oxygens (including phenoxy) is 1. The molecule has 1 aliphatic heterocycles. The van der Waals surface area contributed by atoms with Gasteiger partial charge in [0.2, 0.25) is 0 Å². The zero-order chi connectivity index (χ0) is 16.9. The molecule has 1 atom stereocenters. The summed E-state index contributed by atoms with van der Waals surface area (Å²) >= 11 is 0. The lowest BCUT2D eigenvalue weighted by atomic mass is 10.1. The maximum Gasteiger partial charge on any atom is 0.193 e. The van der Waals surface area contributed by atoms with Gasteiger partial charge in [-0.2, -0.15) is 0 Å². The monoisotopic (exact) mass is 339 g/mol. The quantitative estimate of drug-likeness (QED) is 0.643. The number of rotatable bonds is 5. The van der Waals surface area contributed by atoms with E-state index >= 15 is 0 Å². The Morgan fingerprint density at radius 2 is 2.09 bits per heavy atom. The Labute approximate surface area is 138 Å². The summed E-state index contributed by atoms with van der Waals surface area (Å²) in [7, 11) is 2.52. The summed E-state index contributed by atoms with van der Waals surface area (Å²) < 4.78 is 28.2. The second-order valence-corrected chi connectivity index (χ2v) is 8.13. The molecule has 23 heavy (non-hydrogen) atoms. The molecule has 0 amide bonds. The first kappa shape index (κ1) is 17.6. The minimum absolute atomic E-state index is 0.172. The zero-order valence-electron chi connectivity index (χ0n) is 13.9. The topological polar surface area (TPSA) is 71.0 Å². The molecule has 0 radical (unpaired) electrons. The van der Waals surface area contributed by atoms with Crippen LogP contribution in [0.2, 0.25) is 0 Å². The van der Waals surface area contributed by atoms with E-state index in [2.05, 4.69) is 10.3 Å². The van der Waals surface area contributed by atoms with Gasteiger partial charge in [0, 0.05) is 27.2 Å². The summed E-state index contributed by atoms with van der Waals surface area (Å²) in [5.41, 5.74) is 1.15. The largest absolute Gasteiger partial charge is 0.497 e. The number of nitrogens with one attached hydrogen (secondary N) is 1. The summed E-state index contributed by atoms with van der Waals surface area (Å²) in [6, 6.07) is 7.91. The summed E-state index contributed by atoms with van der Waals surface area (Å²) in [5.74, 6) is 2.36. The van der Waals surface area contributed by atoms with Crippen LogP contribution in [0.3, 0.4) is 0 Å². The molecule has 0 aliphatic carbocycles. The van der Waals surface area contributed by atoms with E-state index < -0.39 is 9.84 Å². The molecular weight excluding hydrogens is 314 g/mol. The van der Waals surface area contributed by atoms with Crippen LogP contribution in [0.5, 0.6) is 5.75 Å². The number of nitrogens with zero attached hydrogens (tertiary/aromatic N) is 2. The zero-order valence-corrected chi connectivity index (χ0v) is 14.8. The maximum atomic E-state index is 11.5. The van der Waals surface area contributed by atoms with Crippen molar-refractivity contribution < 1.29 is 13.2 Å². The normalized spacial score (nSPS) is 20.3. The van der Waals surface area contributed by atoms with Gasteiger partial charge in [-0.3, -0.25) is 4.99 Å². The van der Waals surface area contributed by atoms with Gasteiger partial charge in [0.1, 0.15) is 5.75 Å². The lowest BCUT2D eigenvalue weighted by molar-refractivity contribution is 0.414. The van der Waals surface area contributed by atoms with Crippen molar-refractivity contribution in [3.8, 4) is 5.75 Å². The fourth-order valence-electron chi connectivity index (χ4n) is 2.73. The highest BCUT2D eigenvalue weighted by atomic mass is 32.2. The molecule has 128 valence electrons. The van der Waals surface area contributed by atoms with Crippen LogP contribution in [-0.4, -0.2) is 58.5 Å². The first-order valence-corrected chi connectivity index (χ1v) is 9.51. The van der Waals surface area contributed by atoms with Crippen LogP contribution in [0.1, 0.15) is 12.0 Å². The summed E-state index contributed by atoms with van der Waals surface area (Å²) in [4.78, 5) is 6.29. The van der Waals surface area contributed by atoms with E-state index in [9.17, 15) is 8.42 Å². The van der Waals surface area contributed by atoms with Crippen molar-refractivity contribution >= 4 is 15.8 Å². The molecule has 0 aromatic heterocycles. The number of hydrogen-bond acceptors (Lipinski definition) is 4. The Hall–Kier alpha value is -1.76. The number of guanidine groups is 1. The molecule has 7 heteroatoms. The Kier molecular flexibility index (Phi) is 5.87. The second kappa shape index (κ2) is 7.68. The lowest BCUT2D eigenvalue weighted by Gasteiger charge is -2.23. The third-order valence-electron chi connectivity index (χ3n) is 4.03. The van der Waals surface area contributed by atoms with E-state index in [0.717, 1.165) is 23.7 Å². The van der Waals surface area contributed by atoms with Gasteiger partial charge in [-0.05, 0) is 30.0 Å². The molecular formula is C16H25N3O3S. The number of hydrogen-bond donors (Lipinski definition) is 1. The number of methoxy groups -OCH3 is 1. The van der Waals surface area contributed by atoms with Gasteiger partial charge in [-0.15, -0.1) is 0 Å². The Bertz CT molecular complexity index is 641. The van der Waals surface area contributed by atoms with E-state index in [4.69, 9.17) is 4.74 Å². The van der Waals surface area contributed by atoms with Crippen molar-refractivity contribution in [3.63, 3.8) is 0 Å². The van der Waals surface area contributed by atoms with E-state index in [1.54, 1.807) is 14.2 Å². The first-order valence-electron chi connectivity index (χ1n) is 7.68. The SMILES string of the molecule is CN=C(NCC1CCS(=O)(=O)C1)N(C)Cc1ccc(OC)cc1. The van der Waals surface area contributed by atoms with Crippen molar-refractivity contribution in [3.05, 3.63) is 29.8 Å². The van der Waals surface area contributed by atoms with E-state index in [-0.39, 0.29) is 11.7 Å². The highest BCUT2D eigenvalue weighted by Gasteiger charge is 2.27. The van der Waals surface area contributed by atoms with Gasteiger partial charge >= 0.3 is 0 Å². The van der Waals surface area contributed by atoms with Gasteiger partial charge in [0.25, 0.3) is 0 Å². The van der Waals surface area contributed by atoms with Gasteiger partial charge < -0.3 is 15.0 Å². The second-order valence-electron chi connectivity index (χ2n) is 5.90.